The third-order valence-electron chi connectivity index (χ3n) is 8.02. The smallest absolute Gasteiger partial charge is 0.422 e. The van der Waals surface area contributed by atoms with Gasteiger partial charge < -0.3 is 41.2 Å². The summed E-state index contributed by atoms with van der Waals surface area (Å²) in [6, 6.07) is 17.6. The van der Waals surface area contributed by atoms with E-state index in [0.29, 0.717) is 35.7 Å². The predicted molar refractivity (Wildman–Crippen MR) is 189 cm³/mol. The third kappa shape index (κ3) is 11.2. The van der Waals surface area contributed by atoms with Gasteiger partial charge in [0.25, 0.3) is 5.91 Å². The molecule has 54 heavy (non-hydrogen) atoms. The van der Waals surface area contributed by atoms with Gasteiger partial charge in [0.15, 0.2) is 6.61 Å². The van der Waals surface area contributed by atoms with Crippen molar-refractivity contribution in [2.45, 2.75) is 37.0 Å². The van der Waals surface area contributed by atoms with Gasteiger partial charge in [-0.2, -0.15) is 28.1 Å². The number of hydrogen-bond acceptors (Lipinski definition) is 11. The number of anilines is 3. The van der Waals surface area contributed by atoms with Crippen LogP contribution in [0.25, 0.3) is 0 Å². The van der Waals surface area contributed by atoms with Gasteiger partial charge in [-0.1, -0.05) is 35.9 Å². The van der Waals surface area contributed by atoms with Crippen molar-refractivity contribution >= 4 is 52.9 Å². The summed E-state index contributed by atoms with van der Waals surface area (Å²) in [7, 11) is 1.54. The van der Waals surface area contributed by atoms with Gasteiger partial charge in [-0.15, -0.1) is 0 Å². The Kier molecular flexibility index (Phi) is 12.4. The minimum atomic E-state index is -4.65. The van der Waals surface area contributed by atoms with Crippen LogP contribution in [0, 0.1) is 0 Å². The van der Waals surface area contributed by atoms with Crippen LogP contribution in [0.3, 0.4) is 0 Å². The second-order valence-electron chi connectivity index (χ2n) is 12.0. The van der Waals surface area contributed by atoms with Crippen LogP contribution >= 0.6 is 11.6 Å². The first-order chi connectivity index (χ1) is 25.7. The van der Waals surface area contributed by atoms with Gasteiger partial charge >= 0.3 is 30.0 Å². The van der Waals surface area contributed by atoms with Crippen LogP contribution in [0.2, 0.25) is 5.02 Å². The first-order valence-electron chi connectivity index (χ1n) is 16.3. The van der Waals surface area contributed by atoms with Gasteiger partial charge in [-0.25, -0.2) is 4.79 Å². The molecule has 3 amide bonds. The van der Waals surface area contributed by atoms with E-state index in [-0.39, 0.29) is 24.0 Å². The molecule has 1 atom stereocenters. The SMILES string of the molecule is COc1ccc(CCNC(=O)C(=O)NC[C@H](NC(=O)c2ccc(Nc3nc(NC4(c5ccc(Cl)cc5)CC4)nc(OCC(F)(F)F)n3)cc2)C(=O)O)cc1. The third-order valence-corrected chi connectivity index (χ3v) is 8.27. The lowest BCUT2D eigenvalue weighted by atomic mass is 10.1. The summed E-state index contributed by atoms with van der Waals surface area (Å²) < 4.78 is 48.7. The van der Waals surface area contributed by atoms with Crippen molar-refractivity contribution in [3.8, 4) is 11.8 Å². The number of carboxylic acid groups (broad SMARTS) is 1. The first kappa shape index (κ1) is 39.0. The first-order valence-corrected chi connectivity index (χ1v) is 16.7. The average Bonchev–Trinajstić information content (AvgIpc) is 3.92. The van der Waals surface area contributed by atoms with Crippen LogP contribution in [0.5, 0.6) is 11.8 Å². The van der Waals surface area contributed by atoms with Crippen LogP contribution in [0.15, 0.2) is 72.8 Å². The lowest BCUT2D eigenvalue weighted by Gasteiger charge is -2.19. The Balaban J connectivity index is 1.17. The zero-order chi connectivity index (χ0) is 38.9. The number of nitrogens with zero attached hydrogens (tertiary/aromatic N) is 3. The van der Waals surface area contributed by atoms with Gasteiger partial charge in [0.05, 0.1) is 12.6 Å². The molecular formula is C35H34ClF3N8O7. The number of carboxylic acids is 1. The summed E-state index contributed by atoms with van der Waals surface area (Å²) in [6.45, 7) is -2.08. The molecule has 19 heteroatoms. The molecule has 5 rings (SSSR count). The Bertz CT molecular complexity index is 1960. The van der Waals surface area contributed by atoms with Crippen molar-refractivity contribution in [3.63, 3.8) is 0 Å². The summed E-state index contributed by atoms with van der Waals surface area (Å²) in [5.41, 5.74) is 1.54. The highest BCUT2D eigenvalue weighted by molar-refractivity contribution is 6.35. The summed E-state index contributed by atoms with van der Waals surface area (Å²) in [5.74, 6) is -3.87. The molecule has 1 aliphatic rings. The number of carbonyl (C=O) groups excluding carboxylic acids is 3. The molecule has 1 saturated carbocycles. The lowest BCUT2D eigenvalue weighted by molar-refractivity contribution is -0.154. The second-order valence-corrected chi connectivity index (χ2v) is 12.5. The molecule has 1 aliphatic carbocycles. The Morgan fingerprint density at radius 2 is 1.54 bits per heavy atom. The van der Waals surface area contributed by atoms with Crippen molar-refractivity contribution < 1.29 is 46.9 Å². The van der Waals surface area contributed by atoms with E-state index in [4.69, 9.17) is 21.1 Å². The molecule has 1 heterocycles. The highest BCUT2D eigenvalue weighted by Gasteiger charge is 2.45. The number of alkyl halides is 3. The van der Waals surface area contributed by atoms with E-state index in [0.717, 1.165) is 11.1 Å². The maximum atomic E-state index is 12.9. The van der Waals surface area contributed by atoms with E-state index < -0.39 is 60.6 Å². The van der Waals surface area contributed by atoms with Gasteiger partial charge in [0, 0.05) is 29.4 Å². The van der Waals surface area contributed by atoms with Gasteiger partial charge in [-0.05, 0) is 78.9 Å². The predicted octanol–water partition coefficient (Wildman–Crippen LogP) is 3.98. The average molecular weight is 771 g/mol. The van der Waals surface area contributed by atoms with Crippen molar-refractivity contribution in [2.24, 2.45) is 0 Å². The number of methoxy groups -OCH3 is 1. The maximum absolute atomic E-state index is 12.9. The van der Waals surface area contributed by atoms with E-state index in [2.05, 4.69) is 41.5 Å². The fraction of sp³-hybridized carbons (Fsp3) is 0.286. The number of carbonyl (C=O) groups is 4. The van der Waals surface area contributed by atoms with Crippen LogP contribution < -0.4 is 36.1 Å². The number of aliphatic carboxylic acids is 1. The van der Waals surface area contributed by atoms with Crippen molar-refractivity contribution in [2.75, 3.05) is 37.4 Å². The van der Waals surface area contributed by atoms with Crippen LogP contribution in [0.1, 0.15) is 34.3 Å². The Morgan fingerprint density at radius 3 is 2.15 bits per heavy atom. The normalized spacial score (nSPS) is 13.5. The molecule has 284 valence electrons. The van der Waals surface area contributed by atoms with Crippen molar-refractivity contribution in [1.82, 2.24) is 30.9 Å². The van der Waals surface area contributed by atoms with E-state index in [1.807, 2.05) is 24.3 Å². The minimum absolute atomic E-state index is 0.0280. The molecule has 6 N–H and O–H groups in total. The summed E-state index contributed by atoms with van der Waals surface area (Å²) in [5, 5.41) is 23.1. The zero-order valence-electron chi connectivity index (χ0n) is 28.5. The topological polar surface area (TPSA) is 206 Å². The molecule has 0 spiro atoms. The fourth-order valence-corrected chi connectivity index (χ4v) is 5.14. The van der Waals surface area contributed by atoms with Gasteiger partial charge in [-0.3, -0.25) is 14.4 Å². The molecule has 0 radical (unpaired) electrons. The number of benzene rings is 3. The molecule has 0 unspecified atom stereocenters. The van der Waals surface area contributed by atoms with Crippen LogP contribution in [0.4, 0.5) is 30.8 Å². The quantitative estimate of drug-likeness (QED) is 0.0896. The molecule has 0 aliphatic heterocycles. The second kappa shape index (κ2) is 17.1. The summed E-state index contributed by atoms with van der Waals surface area (Å²) >= 11 is 6.02. The number of nitrogens with one attached hydrogen (secondary N) is 5. The fourth-order valence-electron chi connectivity index (χ4n) is 5.02. The van der Waals surface area contributed by atoms with Gasteiger partial charge in [0.2, 0.25) is 11.9 Å². The molecule has 1 aromatic heterocycles. The van der Waals surface area contributed by atoms with E-state index in [9.17, 15) is 37.5 Å². The number of amides is 3. The van der Waals surface area contributed by atoms with E-state index in [1.54, 1.807) is 24.3 Å². The largest absolute Gasteiger partial charge is 0.497 e. The highest BCUT2D eigenvalue weighted by atomic mass is 35.5. The molecule has 0 saturated heterocycles. The Hall–Kier alpha value is -6.17. The molecule has 0 bridgehead atoms. The number of halogens is 4. The monoisotopic (exact) mass is 770 g/mol. The lowest BCUT2D eigenvalue weighted by Crippen LogP contribution is -2.51. The van der Waals surface area contributed by atoms with Crippen molar-refractivity contribution in [3.05, 3.63) is 94.5 Å². The Morgan fingerprint density at radius 1 is 0.889 bits per heavy atom. The number of rotatable bonds is 16. The molecule has 1 fully saturated rings. The molecule has 4 aromatic rings. The molecular weight excluding hydrogens is 737 g/mol. The van der Waals surface area contributed by atoms with Crippen LogP contribution in [-0.4, -0.2) is 82.8 Å². The van der Waals surface area contributed by atoms with E-state index >= 15 is 0 Å². The zero-order valence-corrected chi connectivity index (χ0v) is 29.3. The standard InChI is InChI=1S/C35H34ClF3N8O7/c1-53-25-12-2-20(3-13-25)14-17-40-28(49)29(50)41-18-26(30(51)52)43-27(48)21-4-10-24(11-5-21)42-31-44-32(46-33(45-31)54-19-35(37,38)39)47-34(15-16-34)22-6-8-23(36)9-7-22/h2-13,26H,14-19H2,1H3,(H,40,49)(H,41,50)(H,43,48)(H,51,52)(H2,42,44,45,46,47)/t26-/m0/s1. The van der Waals surface area contributed by atoms with E-state index in [1.165, 1.54) is 31.4 Å². The Labute approximate surface area is 311 Å². The number of hydrogen-bond donors (Lipinski definition) is 6. The van der Waals surface area contributed by atoms with Crippen molar-refractivity contribution in [1.29, 1.82) is 0 Å². The molecule has 3 aromatic carbocycles. The van der Waals surface area contributed by atoms with Gasteiger partial charge in [0.1, 0.15) is 11.8 Å². The molecule has 15 nitrogen and oxygen atoms in total. The number of ether oxygens (including phenoxy) is 2. The minimum Gasteiger partial charge on any atom is -0.497 e. The van der Waals surface area contributed by atoms with Crippen LogP contribution in [-0.2, 0) is 26.3 Å². The number of aromatic nitrogens is 3. The summed E-state index contributed by atoms with van der Waals surface area (Å²) in [4.78, 5) is 61.5. The highest BCUT2D eigenvalue weighted by Crippen LogP contribution is 2.48. The summed E-state index contributed by atoms with van der Waals surface area (Å²) in [6.07, 6.45) is -2.82. The maximum Gasteiger partial charge on any atom is 0.422 e.